The van der Waals surface area contributed by atoms with E-state index in [-0.39, 0.29) is 32.2 Å². The lowest BCUT2D eigenvalue weighted by atomic mass is 10.0. The van der Waals surface area contributed by atoms with Gasteiger partial charge in [0.2, 0.25) is 0 Å². The van der Waals surface area contributed by atoms with E-state index < -0.39 is 24.3 Å². The lowest BCUT2D eigenvalue weighted by Gasteiger charge is -2.25. The minimum atomic E-state index is -1.51. The van der Waals surface area contributed by atoms with Crippen molar-refractivity contribution in [3.05, 3.63) is 24.3 Å². The number of hydrogen-bond acceptors (Lipinski definition) is 7. The van der Waals surface area contributed by atoms with Crippen LogP contribution in [0.25, 0.3) is 0 Å². The van der Waals surface area contributed by atoms with E-state index in [9.17, 15) is 19.5 Å². The van der Waals surface area contributed by atoms with Crippen LogP contribution < -0.4 is 0 Å². The molecule has 0 heterocycles. The number of carboxylic acids is 1. The maximum absolute atomic E-state index is 12.9. The molecule has 0 aliphatic carbocycles. The summed E-state index contributed by atoms with van der Waals surface area (Å²) >= 11 is 0. The number of allylic oxidation sites excluding steroid dienone is 4. The van der Waals surface area contributed by atoms with E-state index in [4.69, 9.17) is 18.9 Å². The van der Waals surface area contributed by atoms with Crippen molar-refractivity contribution in [2.24, 2.45) is 0 Å². The van der Waals surface area contributed by atoms with Crippen LogP contribution in [0.2, 0.25) is 0 Å². The van der Waals surface area contributed by atoms with Gasteiger partial charge in [0.1, 0.15) is 13.2 Å². The molecule has 0 aromatic rings. The molecule has 0 saturated carbocycles. The van der Waals surface area contributed by atoms with Gasteiger partial charge in [0.05, 0.1) is 34.4 Å². The highest BCUT2D eigenvalue weighted by atomic mass is 16.7. The molecular formula is C65H124NO8+. The second-order valence-electron chi connectivity index (χ2n) is 23.1. The predicted molar refractivity (Wildman–Crippen MR) is 314 cm³/mol. The Morgan fingerprint density at radius 2 is 0.730 bits per heavy atom. The Bertz CT molecular complexity index is 1260. The molecule has 2 unspecified atom stereocenters. The summed E-state index contributed by atoms with van der Waals surface area (Å²) in [7, 11) is 5.98. The van der Waals surface area contributed by atoms with Crippen LogP contribution in [-0.4, -0.2) is 87.4 Å². The number of likely N-dealkylation sites (N-methyl/N-ethyl adjacent to an activating group) is 1. The van der Waals surface area contributed by atoms with Crippen molar-refractivity contribution in [2.75, 3.05) is 47.5 Å². The van der Waals surface area contributed by atoms with Gasteiger partial charge in [-0.2, -0.15) is 0 Å². The lowest BCUT2D eigenvalue weighted by Crippen LogP contribution is -2.40. The monoisotopic (exact) mass is 1050 g/mol. The van der Waals surface area contributed by atoms with Gasteiger partial charge in [0.15, 0.2) is 6.10 Å². The molecule has 74 heavy (non-hydrogen) atoms. The number of carbonyl (C=O) groups excluding carboxylic acids is 2. The van der Waals surface area contributed by atoms with Crippen molar-refractivity contribution >= 4 is 17.9 Å². The van der Waals surface area contributed by atoms with Crippen LogP contribution in [0.1, 0.15) is 316 Å². The molecule has 0 aliphatic rings. The van der Waals surface area contributed by atoms with E-state index in [1.54, 1.807) is 0 Å². The lowest BCUT2D eigenvalue weighted by molar-refractivity contribution is -0.870. The summed E-state index contributed by atoms with van der Waals surface area (Å²) in [5.74, 6) is -1.98. The number of hydrogen-bond donors (Lipinski definition) is 1. The number of nitrogens with zero attached hydrogens (tertiary/aromatic N) is 1. The van der Waals surface area contributed by atoms with Crippen molar-refractivity contribution in [1.29, 1.82) is 0 Å². The van der Waals surface area contributed by atoms with Gasteiger partial charge in [-0.15, -0.1) is 0 Å². The Labute approximate surface area is 458 Å². The molecule has 0 rings (SSSR count). The first-order valence-corrected chi connectivity index (χ1v) is 32.0. The molecule has 0 spiro atoms. The zero-order valence-corrected chi connectivity index (χ0v) is 49.8. The summed E-state index contributed by atoms with van der Waals surface area (Å²) in [5.41, 5.74) is 0. The van der Waals surface area contributed by atoms with Gasteiger partial charge in [-0.25, -0.2) is 4.79 Å². The van der Waals surface area contributed by atoms with Crippen LogP contribution in [0.15, 0.2) is 24.3 Å². The second kappa shape index (κ2) is 57.0. The maximum Gasteiger partial charge on any atom is 0.361 e. The summed E-state index contributed by atoms with van der Waals surface area (Å²) in [6.07, 6.45) is 65.6. The summed E-state index contributed by atoms with van der Waals surface area (Å²) in [5, 5.41) is 9.72. The van der Waals surface area contributed by atoms with E-state index in [0.29, 0.717) is 17.4 Å². The highest BCUT2D eigenvalue weighted by molar-refractivity contribution is 5.71. The molecule has 436 valence electrons. The van der Waals surface area contributed by atoms with E-state index in [1.807, 2.05) is 21.1 Å². The standard InChI is InChI=1S/C65H123NO8/c1-6-8-10-12-14-16-18-20-22-24-26-28-30-31-32-34-35-37-39-41-43-45-47-49-51-53-55-62(67)72-59-61(60-73-65(64(69)70)71-58-57-66(3,4)5)74-63(68)56-54-52-50-48-46-44-42-40-38-36-33-29-27-25-23-21-19-17-15-13-11-9-7-2/h19,21,25,27,61,65H,6-18,20,22-24,26,28-60H2,1-5H3/p+1/b21-19-,27-25-. The Hall–Kier alpha value is -2.23. The Kier molecular flexibility index (Phi) is 55.2. The van der Waals surface area contributed by atoms with Gasteiger partial charge in [-0.3, -0.25) is 9.59 Å². The first-order chi connectivity index (χ1) is 36.1. The third-order valence-electron chi connectivity index (χ3n) is 14.5. The Morgan fingerprint density at radius 1 is 0.405 bits per heavy atom. The number of ether oxygens (including phenoxy) is 4. The first kappa shape index (κ1) is 71.8. The van der Waals surface area contributed by atoms with Crippen molar-refractivity contribution in [1.82, 2.24) is 0 Å². The number of rotatable bonds is 60. The average Bonchev–Trinajstić information content (AvgIpc) is 3.37. The van der Waals surface area contributed by atoms with Crippen molar-refractivity contribution < 1.29 is 42.9 Å². The number of aliphatic carboxylic acids is 1. The third kappa shape index (κ3) is 57.5. The molecule has 0 saturated heterocycles. The van der Waals surface area contributed by atoms with Gasteiger partial charge in [0, 0.05) is 12.8 Å². The van der Waals surface area contributed by atoms with Crippen LogP contribution in [0.4, 0.5) is 0 Å². The molecule has 9 nitrogen and oxygen atoms in total. The second-order valence-corrected chi connectivity index (χ2v) is 23.1. The van der Waals surface area contributed by atoms with Gasteiger partial charge < -0.3 is 28.5 Å². The van der Waals surface area contributed by atoms with Crippen molar-refractivity contribution in [2.45, 2.75) is 328 Å². The highest BCUT2D eigenvalue weighted by Crippen LogP contribution is 2.18. The molecule has 2 atom stereocenters. The number of carboxylic acid groups (broad SMARTS) is 1. The fourth-order valence-corrected chi connectivity index (χ4v) is 9.52. The van der Waals surface area contributed by atoms with Gasteiger partial charge in [-0.05, 0) is 44.9 Å². The fourth-order valence-electron chi connectivity index (χ4n) is 9.52. The zero-order valence-electron chi connectivity index (χ0n) is 49.8. The zero-order chi connectivity index (χ0) is 54.1. The smallest absolute Gasteiger partial charge is 0.361 e. The third-order valence-corrected chi connectivity index (χ3v) is 14.5. The summed E-state index contributed by atoms with van der Waals surface area (Å²) in [6, 6.07) is 0. The van der Waals surface area contributed by atoms with Gasteiger partial charge in [0.25, 0.3) is 6.29 Å². The molecule has 0 fully saturated rings. The SMILES string of the molecule is CCCCCCC/C=C\C/C=C\CCCCCCCCCCCCCC(=O)OC(COC(=O)CCCCCCCCCCCCCCCCCCCCCCCCCCCC)COC(OCC[N+](C)(C)C)C(=O)O. The molecular weight excluding hydrogens is 923 g/mol. The van der Waals surface area contributed by atoms with E-state index in [1.165, 1.54) is 244 Å². The van der Waals surface area contributed by atoms with Crippen LogP contribution in [0, 0.1) is 0 Å². The first-order valence-electron chi connectivity index (χ1n) is 32.0. The summed E-state index contributed by atoms with van der Waals surface area (Å²) in [4.78, 5) is 37.5. The number of quaternary nitrogens is 1. The molecule has 0 aliphatic heterocycles. The van der Waals surface area contributed by atoms with Gasteiger partial charge >= 0.3 is 17.9 Å². The van der Waals surface area contributed by atoms with E-state index in [2.05, 4.69) is 38.2 Å². The average molecular weight is 1050 g/mol. The number of esters is 2. The molecule has 9 heteroatoms. The normalized spacial score (nSPS) is 12.8. The van der Waals surface area contributed by atoms with Crippen LogP contribution in [-0.2, 0) is 33.3 Å². The topological polar surface area (TPSA) is 108 Å². The van der Waals surface area contributed by atoms with Crippen LogP contribution >= 0.6 is 0 Å². The van der Waals surface area contributed by atoms with Gasteiger partial charge in [-0.1, -0.05) is 282 Å². The van der Waals surface area contributed by atoms with E-state index >= 15 is 0 Å². The molecule has 0 aromatic carbocycles. The summed E-state index contributed by atoms with van der Waals surface area (Å²) in [6.45, 7) is 4.93. The molecule has 1 N–H and O–H groups in total. The van der Waals surface area contributed by atoms with E-state index in [0.717, 1.165) is 44.9 Å². The van der Waals surface area contributed by atoms with Crippen LogP contribution in [0.3, 0.4) is 0 Å². The quantitative estimate of drug-likeness (QED) is 0.0211. The Morgan fingerprint density at radius 3 is 1.07 bits per heavy atom. The predicted octanol–water partition coefficient (Wildman–Crippen LogP) is 19.1. The Balaban J connectivity index is 4.14. The molecule has 0 amide bonds. The minimum absolute atomic E-state index is 0.177. The molecule has 0 radical (unpaired) electrons. The largest absolute Gasteiger partial charge is 0.477 e. The maximum atomic E-state index is 12.9. The number of carbonyl (C=O) groups is 3. The minimum Gasteiger partial charge on any atom is -0.477 e. The summed E-state index contributed by atoms with van der Waals surface area (Å²) < 4.78 is 23.0. The number of unbranched alkanes of at least 4 members (excludes halogenated alkanes) is 41. The fraction of sp³-hybridized carbons (Fsp3) is 0.892. The van der Waals surface area contributed by atoms with Crippen molar-refractivity contribution in [3.8, 4) is 0 Å². The van der Waals surface area contributed by atoms with Crippen LogP contribution in [0.5, 0.6) is 0 Å². The molecule has 0 aromatic heterocycles. The van der Waals surface area contributed by atoms with Crippen molar-refractivity contribution in [3.63, 3.8) is 0 Å². The highest BCUT2D eigenvalue weighted by Gasteiger charge is 2.25. The molecule has 0 bridgehead atoms.